The molecule has 1 aromatic carbocycles. The fourth-order valence-corrected chi connectivity index (χ4v) is 4.35. The number of nitrogens with zero attached hydrogens (tertiary/aromatic N) is 1. The molecule has 1 unspecified atom stereocenters. The van der Waals surface area contributed by atoms with Crippen LogP contribution in [-0.2, 0) is 17.8 Å². The molecule has 0 aliphatic carbocycles. The Morgan fingerprint density at radius 2 is 2.10 bits per heavy atom. The molecule has 1 rings (SSSR count). The average Bonchev–Trinajstić information content (AvgIpc) is 2.39. The second-order valence-corrected chi connectivity index (χ2v) is 13.5. The Labute approximate surface area is 140 Å². The van der Waals surface area contributed by atoms with E-state index in [-0.39, 0.29) is 6.10 Å². The van der Waals surface area contributed by atoms with Crippen LogP contribution in [0.3, 0.4) is 0 Å². The van der Waals surface area contributed by atoms with Crippen LogP contribution >= 0.6 is 29.7 Å². The van der Waals surface area contributed by atoms with Crippen molar-refractivity contribution >= 4 is 34.3 Å². The van der Waals surface area contributed by atoms with Gasteiger partial charge in [0.2, 0.25) is 0 Å². The first-order valence-corrected chi connectivity index (χ1v) is 14.0. The van der Waals surface area contributed by atoms with Gasteiger partial charge in [0.05, 0.1) is 0 Å². The summed E-state index contributed by atoms with van der Waals surface area (Å²) in [6.45, 7) is 4.06. The Hall–Kier alpha value is -0.157. The first-order valence-electron chi connectivity index (χ1n) is 6.18. The number of hydrogen-bond acceptors (Lipinski definition) is 4. The summed E-state index contributed by atoms with van der Waals surface area (Å²) < 4.78 is 12.7. The topological polar surface area (TPSA) is 47.9 Å². The number of ether oxygens (including phenoxy) is 1. The molecular weight excluding hydrogens is 422 g/mol. The zero-order chi connectivity index (χ0) is 16.0. The zero-order valence-electron chi connectivity index (χ0n) is 12.3. The van der Waals surface area contributed by atoms with E-state index in [1.54, 1.807) is 0 Å². The van der Waals surface area contributed by atoms with Gasteiger partial charge < -0.3 is 0 Å². The molecule has 0 bridgehead atoms. The van der Waals surface area contributed by atoms with Gasteiger partial charge in [-0.1, -0.05) is 0 Å². The SMILES string of the molecule is CCC(C)Oc1ccc(S(C)(C)ON=O)cc1[CH]=[Ru]([Cl])[Cl]. The molecule has 0 heterocycles. The summed E-state index contributed by atoms with van der Waals surface area (Å²) in [7, 11) is 10.2. The van der Waals surface area contributed by atoms with Gasteiger partial charge in [-0.3, -0.25) is 0 Å². The average molecular weight is 441 g/mol. The molecule has 1 aromatic rings. The first-order chi connectivity index (χ1) is 9.80. The van der Waals surface area contributed by atoms with Gasteiger partial charge >= 0.3 is 140 Å². The molecular formula is C13H19Cl2NO3RuS. The van der Waals surface area contributed by atoms with Crippen molar-refractivity contribution in [1.29, 1.82) is 0 Å². The normalized spacial score (nSPS) is 14.1. The van der Waals surface area contributed by atoms with Crippen LogP contribution in [0.5, 0.6) is 5.75 Å². The van der Waals surface area contributed by atoms with Gasteiger partial charge in [0.25, 0.3) is 0 Å². The fourth-order valence-electron chi connectivity index (χ4n) is 1.52. The van der Waals surface area contributed by atoms with E-state index in [0.717, 1.165) is 22.6 Å². The predicted molar refractivity (Wildman–Crippen MR) is 88.3 cm³/mol. The van der Waals surface area contributed by atoms with Gasteiger partial charge in [-0.25, -0.2) is 0 Å². The minimum absolute atomic E-state index is 0.0996. The van der Waals surface area contributed by atoms with Crippen molar-refractivity contribution in [3.63, 3.8) is 0 Å². The summed E-state index contributed by atoms with van der Waals surface area (Å²) >= 11 is -1.99. The van der Waals surface area contributed by atoms with E-state index in [1.807, 2.05) is 42.2 Å². The standard InChI is InChI=1S/C13H19NO3S.2ClH.Ru/c1-6-11(3)16-13-8-7-12(9-10(13)2)18(4,5)17-14-15;;;/h2,7-9,11H,6H2,1,3-5H3;2*1H;/q;;;+2/p-2. The maximum absolute atomic E-state index is 10.4. The molecule has 0 aliphatic rings. The number of halogens is 2. The molecule has 0 amide bonds. The van der Waals surface area contributed by atoms with Crippen molar-refractivity contribution in [2.24, 2.45) is 5.34 Å². The number of hydrogen-bond donors (Lipinski definition) is 0. The molecule has 1 atom stereocenters. The van der Waals surface area contributed by atoms with Crippen molar-refractivity contribution in [3.8, 4) is 5.75 Å². The molecule has 21 heavy (non-hydrogen) atoms. The predicted octanol–water partition coefficient (Wildman–Crippen LogP) is 4.98. The van der Waals surface area contributed by atoms with Crippen LogP contribution in [-0.4, -0.2) is 23.2 Å². The molecule has 0 saturated heterocycles. The summed E-state index contributed by atoms with van der Waals surface area (Å²) in [5.41, 5.74) is 0.840. The third-order valence-electron chi connectivity index (χ3n) is 2.86. The minimum atomic E-state index is -1.99. The van der Waals surface area contributed by atoms with Gasteiger partial charge in [-0.05, 0) is 0 Å². The summed E-state index contributed by atoms with van der Waals surface area (Å²) in [6, 6.07) is 5.65. The second kappa shape index (κ2) is 8.47. The van der Waals surface area contributed by atoms with Crippen molar-refractivity contribution in [3.05, 3.63) is 28.7 Å². The number of rotatable bonds is 7. The fraction of sp³-hybridized carbons (Fsp3) is 0.462. The molecule has 0 spiro atoms. The monoisotopic (exact) mass is 441 g/mol. The van der Waals surface area contributed by atoms with Crippen LogP contribution in [0.1, 0.15) is 25.8 Å². The number of benzene rings is 1. The first kappa shape index (κ1) is 18.9. The quantitative estimate of drug-likeness (QED) is 0.341. The van der Waals surface area contributed by atoms with E-state index in [4.69, 9.17) is 28.4 Å². The zero-order valence-corrected chi connectivity index (χ0v) is 16.3. The van der Waals surface area contributed by atoms with Crippen LogP contribution in [0.4, 0.5) is 0 Å². The van der Waals surface area contributed by atoms with E-state index >= 15 is 0 Å². The molecule has 0 aromatic heterocycles. The van der Waals surface area contributed by atoms with Gasteiger partial charge in [0, 0.05) is 0 Å². The molecule has 0 fully saturated rings. The third kappa shape index (κ3) is 5.86. The van der Waals surface area contributed by atoms with Gasteiger partial charge in [0.15, 0.2) is 0 Å². The molecule has 4 nitrogen and oxygen atoms in total. The maximum atomic E-state index is 10.4. The van der Waals surface area contributed by atoms with Gasteiger partial charge in [0.1, 0.15) is 0 Å². The Morgan fingerprint density at radius 1 is 1.43 bits per heavy atom. The van der Waals surface area contributed by atoms with Crippen LogP contribution < -0.4 is 4.74 Å². The van der Waals surface area contributed by atoms with Gasteiger partial charge in [-0.15, -0.1) is 0 Å². The van der Waals surface area contributed by atoms with E-state index in [2.05, 4.69) is 12.3 Å². The van der Waals surface area contributed by atoms with Crippen LogP contribution in [0.15, 0.2) is 28.4 Å². The van der Waals surface area contributed by atoms with Gasteiger partial charge in [-0.2, -0.15) is 0 Å². The van der Waals surface area contributed by atoms with E-state index < -0.39 is 23.8 Å². The summed E-state index contributed by atoms with van der Waals surface area (Å²) in [5, 5.41) is 2.56. The van der Waals surface area contributed by atoms with Crippen molar-refractivity contribution in [1.82, 2.24) is 0 Å². The third-order valence-corrected chi connectivity index (χ3v) is 6.51. The molecule has 0 N–H and O–H groups in total. The van der Waals surface area contributed by atoms with Crippen molar-refractivity contribution in [2.75, 3.05) is 12.5 Å². The van der Waals surface area contributed by atoms with Crippen molar-refractivity contribution in [2.45, 2.75) is 31.3 Å². The Kier molecular flexibility index (Phi) is 7.62. The Bertz CT molecular complexity index is 536. The van der Waals surface area contributed by atoms with E-state index in [1.165, 1.54) is 0 Å². The van der Waals surface area contributed by atoms with Crippen LogP contribution in [0.25, 0.3) is 0 Å². The Morgan fingerprint density at radius 3 is 2.62 bits per heavy atom. The van der Waals surface area contributed by atoms with Crippen LogP contribution in [0.2, 0.25) is 0 Å². The van der Waals surface area contributed by atoms with Crippen molar-refractivity contribution < 1.29 is 22.5 Å². The van der Waals surface area contributed by atoms with E-state index in [9.17, 15) is 4.91 Å². The molecule has 0 aliphatic heterocycles. The summed E-state index contributed by atoms with van der Waals surface area (Å²) in [6.07, 6.45) is 4.69. The van der Waals surface area contributed by atoms with Crippen LogP contribution in [0, 0.1) is 4.91 Å². The Balaban J connectivity index is 3.24. The second-order valence-electron chi connectivity index (χ2n) is 4.73. The summed E-state index contributed by atoms with van der Waals surface area (Å²) in [5.74, 6) is 0.738. The molecule has 122 valence electrons. The summed E-state index contributed by atoms with van der Waals surface area (Å²) in [4.78, 5) is 11.3. The molecule has 8 heteroatoms. The molecule has 0 saturated carbocycles. The molecule has 0 radical (unpaired) electrons. The van der Waals surface area contributed by atoms with E-state index in [0.29, 0.717) is 0 Å².